The number of aryl methyl sites for hydroxylation is 2. The number of nitrogens with one attached hydrogen (secondary N) is 2. The van der Waals surface area contributed by atoms with Crippen LogP contribution in [0, 0.1) is 6.92 Å². The zero-order valence-corrected chi connectivity index (χ0v) is 14.8. The molecule has 0 saturated heterocycles. The van der Waals surface area contributed by atoms with E-state index < -0.39 is 10.0 Å². The van der Waals surface area contributed by atoms with Gasteiger partial charge in [0.15, 0.2) is 0 Å². The van der Waals surface area contributed by atoms with Gasteiger partial charge in [-0.05, 0) is 60.9 Å². The predicted molar refractivity (Wildman–Crippen MR) is 93.1 cm³/mol. The van der Waals surface area contributed by atoms with Gasteiger partial charge < -0.3 is 5.32 Å². The fourth-order valence-electron chi connectivity index (χ4n) is 2.47. The summed E-state index contributed by atoms with van der Waals surface area (Å²) in [7, 11) is -3.67. The summed E-state index contributed by atoms with van der Waals surface area (Å²) in [5.74, 6) is -0.0447. The van der Waals surface area contributed by atoms with E-state index in [1.54, 1.807) is 24.3 Å². The quantitative estimate of drug-likeness (QED) is 0.836. The number of sulfonamides is 1. The third kappa shape index (κ3) is 3.40. The second-order valence-electron chi connectivity index (χ2n) is 5.43. The Morgan fingerprint density at radius 1 is 1.13 bits per heavy atom. The number of hydrogen-bond donors (Lipinski definition) is 2. The molecule has 0 atom stereocenters. The Morgan fingerprint density at radius 3 is 2.65 bits per heavy atom. The second-order valence-corrected chi connectivity index (χ2v) is 8.03. The number of amides is 1. The van der Waals surface area contributed by atoms with E-state index in [1.807, 2.05) is 13.0 Å². The number of anilines is 2. The molecule has 23 heavy (non-hydrogen) atoms. The summed E-state index contributed by atoms with van der Waals surface area (Å²) in [6.45, 7) is 1.84. The Hall–Kier alpha value is -1.86. The van der Waals surface area contributed by atoms with Gasteiger partial charge in [-0.15, -0.1) is 0 Å². The largest absolute Gasteiger partial charge is 0.326 e. The standard InChI is InChI=1S/C16H15BrN2O3S/c1-10-8-12(17)3-5-14(10)19-23(21,22)13-4-6-15-11(9-13)2-7-16(20)18-15/h3-6,8-9,19H,2,7H2,1H3,(H,18,20). The Labute approximate surface area is 143 Å². The Kier molecular flexibility index (Phi) is 4.16. The third-order valence-corrected chi connectivity index (χ3v) is 5.57. The maximum absolute atomic E-state index is 12.6. The van der Waals surface area contributed by atoms with E-state index >= 15 is 0 Å². The highest BCUT2D eigenvalue weighted by Gasteiger charge is 2.20. The van der Waals surface area contributed by atoms with E-state index in [4.69, 9.17) is 0 Å². The topological polar surface area (TPSA) is 75.3 Å². The number of carbonyl (C=O) groups excluding carboxylic acids is 1. The predicted octanol–water partition coefficient (Wildman–Crippen LogP) is 3.44. The molecule has 0 bridgehead atoms. The number of halogens is 1. The summed E-state index contributed by atoms with van der Waals surface area (Å²) in [5.41, 5.74) is 2.88. The van der Waals surface area contributed by atoms with Gasteiger partial charge in [-0.3, -0.25) is 9.52 Å². The van der Waals surface area contributed by atoms with Crippen LogP contribution in [0.3, 0.4) is 0 Å². The molecule has 120 valence electrons. The summed E-state index contributed by atoms with van der Waals surface area (Å²) in [5, 5.41) is 2.74. The third-order valence-electron chi connectivity index (χ3n) is 3.72. The van der Waals surface area contributed by atoms with Crippen LogP contribution in [0.25, 0.3) is 0 Å². The molecule has 2 aromatic rings. The molecular weight excluding hydrogens is 380 g/mol. The summed E-state index contributed by atoms with van der Waals surface area (Å²) >= 11 is 3.36. The van der Waals surface area contributed by atoms with Gasteiger partial charge in [0, 0.05) is 16.6 Å². The molecule has 7 heteroatoms. The van der Waals surface area contributed by atoms with Crippen molar-refractivity contribution >= 4 is 43.2 Å². The van der Waals surface area contributed by atoms with Gasteiger partial charge in [0.05, 0.1) is 10.6 Å². The Balaban J connectivity index is 1.92. The molecule has 5 nitrogen and oxygen atoms in total. The lowest BCUT2D eigenvalue weighted by atomic mass is 10.0. The first-order valence-electron chi connectivity index (χ1n) is 7.07. The smallest absolute Gasteiger partial charge is 0.261 e. The van der Waals surface area contributed by atoms with Crippen LogP contribution in [0.1, 0.15) is 17.5 Å². The number of fused-ring (bicyclic) bond motifs is 1. The second kappa shape index (κ2) is 5.98. The van der Waals surface area contributed by atoms with Crippen LogP contribution in [0.2, 0.25) is 0 Å². The monoisotopic (exact) mass is 394 g/mol. The van der Waals surface area contributed by atoms with Gasteiger partial charge in [-0.25, -0.2) is 8.42 Å². The van der Waals surface area contributed by atoms with Crippen LogP contribution < -0.4 is 10.0 Å². The number of carbonyl (C=O) groups is 1. The summed E-state index contributed by atoms with van der Waals surface area (Å²) < 4.78 is 28.7. The molecule has 1 aliphatic rings. The van der Waals surface area contributed by atoms with Crippen molar-refractivity contribution in [3.63, 3.8) is 0 Å². The molecule has 2 N–H and O–H groups in total. The summed E-state index contributed by atoms with van der Waals surface area (Å²) in [4.78, 5) is 11.6. The normalized spacial score (nSPS) is 14.1. The van der Waals surface area contributed by atoms with Crippen molar-refractivity contribution in [1.29, 1.82) is 0 Å². The first kappa shape index (κ1) is 16.0. The van der Waals surface area contributed by atoms with Crippen molar-refractivity contribution in [3.8, 4) is 0 Å². The minimum atomic E-state index is -3.67. The molecule has 0 aromatic heterocycles. The van der Waals surface area contributed by atoms with Crippen molar-refractivity contribution in [2.45, 2.75) is 24.7 Å². The zero-order chi connectivity index (χ0) is 16.6. The highest BCUT2D eigenvalue weighted by Crippen LogP contribution is 2.27. The molecule has 2 aromatic carbocycles. The minimum Gasteiger partial charge on any atom is -0.326 e. The molecule has 0 spiro atoms. The summed E-state index contributed by atoms with van der Waals surface area (Å²) in [6, 6.07) is 10.1. The van der Waals surface area contributed by atoms with Crippen molar-refractivity contribution in [2.75, 3.05) is 10.0 Å². The molecule has 0 saturated carbocycles. The van der Waals surface area contributed by atoms with Crippen molar-refractivity contribution < 1.29 is 13.2 Å². The highest BCUT2D eigenvalue weighted by molar-refractivity contribution is 9.10. The van der Waals surface area contributed by atoms with Crippen molar-refractivity contribution in [2.24, 2.45) is 0 Å². The number of hydrogen-bond acceptors (Lipinski definition) is 3. The van der Waals surface area contributed by atoms with Gasteiger partial charge in [0.2, 0.25) is 5.91 Å². The van der Waals surface area contributed by atoms with E-state index in [9.17, 15) is 13.2 Å². The molecular formula is C16H15BrN2O3S. The highest BCUT2D eigenvalue weighted by atomic mass is 79.9. The van der Waals surface area contributed by atoms with Crippen LogP contribution in [-0.2, 0) is 21.2 Å². The molecule has 0 aliphatic carbocycles. The lowest BCUT2D eigenvalue weighted by molar-refractivity contribution is -0.116. The Morgan fingerprint density at radius 2 is 1.91 bits per heavy atom. The number of rotatable bonds is 3. The van der Waals surface area contributed by atoms with E-state index in [1.165, 1.54) is 6.07 Å². The fraction of sp³-hybridized carbons (Fsp3) is 0.188. The maximum Gasteiger partial charge on any atom is 0.261 e. The van der Waals surface area contributed by atoms with Gasteiger partial charge in [-0.2, -0.15) is 0 Å². The van der Waals surface area contributed by atoms with Gasteiger partial charge >= 0.3 is 0 Å². The molecule has 1 aliphatic heterocycles. The van der Waals surface area contributed by atoms with E-state index in [2.05, 4.69) is 26.0 Å². The van der Waals surface area contributed by atoms with Crippen molar-refractivity contribution in [3.05, 3.63) is 52.0 Å². The molecule has 1 amide bonds. The fourth-order valence-corrected chi connectivity index (χ4v) is 4.13. The van der Waals surface area contributed by atoms with E-state index in [0.717, 1.165) is 15.6 Å². The van der Waals surface area contributed by atoms with Crippen LogP contribution in [0.15, 0.2) is 45.8 Å². The van der Waals surface area contributed by atoms with Crippen LogP contribution in [-0.4, -0.2) is 14.3 Å². The number of benzene rings is 2. The molecule has 0 radical (unpaired) electrons. The Bertz CT molecular complexity index is 894. The zero-order valence-electron chi connectivity index (χ0n) is 12.4. The molecule has 0 unspecified atom stereocenters. The molecule has 0 fully saturated rings. The lowest BCUT2D eigenvalue weighted by Crippen LogP contribution is -2.20. The lowest BCUT2D eigenvalue weighted by Gasteiger charge is -2.18. The first-order chi connectivity index (χ1) is 10.8. The molecule has 1 heterocycles. The van der Waals surface area contributed by atoms with Gasteiger partial charge in [-0.1, -0.05) is 15.9 Å². The summed E-state index contributed by atoms with van der Waals surface area (Å²) in [6.07, 6.45) is 0.914. The van der Waals surface area contributed by atoms with E-state index in [0.29, 0.717) is 24.2 Å². The van der Waals surface area contributed by atoms with Crippen LogP contribution >= 0.6 is 15.9 Å². The van der Waals surface area contributed by atoms with E-state index in [-0.39, 0.29) is 10.8 Å². The SMILES string of the molecule is Cc1cc(Br)ccc1NS(=O)(=O)c1ccc2c(c1)CCC(=O)N2. The van der Waals surface area contributed by atoms with Gasteiger partial charge in [0.25, 0.3) is 10.0 Å². The minimum absolute atomic E-state index is 0.0447. The average molecular weight is 395 g/mol. The van der Waals surface area contributed by atoms with Crippen LogP contribution in [0.4, 0.5) is 11.4 Å². The molecule has 3 rings (SSSR count). The maximum atomic E-state index is 12.6. The van der Waals surface area contributed by atoms with Crippen molar-refractivity contribution in [1.82, 2.24) is 0 Å². The first-order valence-corrected chi connectivity index (χ1v) is 9.34. The average Bonchev–Trinajstić information content (AvgIpc) is 2.49. The van der Waals surface area contributed by atoms with Gasteiger partial charge in [0.1, 0.15) is 0 Å². The van der Waals surface area contributed by atoms with Crippen LogP contribution in [0.5, 0.6) is 0 Å².